The molecule has 2 aromatic rings. The monoisotopic (exact) mass is 349 g/mol. The van der Waals surface area contributed by atoms with E-state index in [1.165, 1.54) is 0 Å². The second-order valence-corrected chi connectivity index (χ2v) is 5.26. The third kappa shape index (κ3) is 4.48. The maximum atomic E-state index is 12.8. The van der Waals surface area contributed by atoms with Gasteiger partial charge in [-0.2, -0.15) is 13.9 Å². The van der Waals surface area contributed by atoms with E-state index in [2.05, 4.69) is 22.4 Å². The number of hydrogen-bond acceptors (Lipinski definition) is 3. The highest BCUT2D eigenvalue weighted by atomic mass is 32.1. The summed E-state index contributed by atoms with van der Waals surface area (Å²) >= 11 is 5.04. The van der Waals surface area contributed by atoms with Gasteiger partial charge in [0.1, 0.15) is 5.75 Å². The van der Waals surface area contributed by atoms with E-state index in [0.29, 0.717) is 28.3 Å². The number of thiocarbonyl (C=S) groups is 1. The van der Waals surface area contributed by atoms with Gasteiger partial charge >= 0.3 is 6.61 Å². The molecule has 0 amide bonds. The van der Waals surface area contributed by atoms with Crippen LogP contribution in [0.1, 0.15) is 12.5 Å². The largest absolute Gasteiger partial charge is 0.433 e. The number of rotatable bonds is 6. The zero-order chi connectivity index (χ0) is 17.5. The van der Waals surface area contributed by atoms with Crippen molar-refractivity contribution in [3.05, 3.63) is 54.6 Å². The molecule has 0 aromatic heterocycles. The van der Waals surface area contributed by atoms with Crippen molar-refractivity contribution in [2.24, 2.45) is 5.10 Å². The van der Waals surface area contributed by atoms with E-state index in [4.69, 9.17) is 17.0 Å². The molecule has 0 fully saturated rings. The number of hydrogen-bond donors (Lipinski definition) is 2. The molecule has 0 aliphatic heterocycles. The molecule has 0 aliphatic carbocycles. The molecule has 0 bridgehead atoms. The van der Waals surface area contributed by atoms with Crippen LogP contribution in [-0.2, 0) is 0 Å². The molecule has 0 aliphatic rings. The van der Waals surface area contributed by atoms with E-state index in [1.807, 2.05) is 18.2 Å². The predicted octanol–water partition coefficient (Wildman–Crippen LogP) is 3.82. The van der Waals surface area contributed by atoms with Crippen LogP contribution in [0.3, 0.4) is 0 Å². The van der Waals surface area contributed by atoms with Crippen molar-refractivity contribution in [1.82, 2.24) is 10.7 Å². The molecule has 0 saturated heterocycles. The van der Waals surface area contributed by atoms with Gasteiger partial charge in [-0.05, 0) is 30.6 Å². The highest BCUT2D eigenvalue weighted by molar-refractivity contribution is 7.80. The second kappa shape index (κ2) is 8.35. The van der Waals surface area contributed by atoms with Crippen LogP contribution in [0.25, 0.3) is 10.8 Å². The summed E-state index contributed by atoms with van der Waals surface area (Å²) in [7, 11) is 0. The van der Waals surface area contributed by atoms with Gasteiger partial charge in [0.05, 0.1) is 5.71 Å². The minimum absolute atomic E-state index is 0.0936. The van der Waals surface area contributed by atoms with E-state index < -0.39 is 6.61 Å². The van der Waals surface area contributed by atoms with Gasteiger partial charge in [0, 0.05) is 17.5 Å². The smallest absolute Gasteiger partial charge is 0.387 e. The molecular weight excluding hydrogens is 332 g/mol. The predicted molar refractivity (Wildman–Crippen MR) is 96.7 cm³/mol. The average molecular weight is 349 g/mol. The van der Waals surface area contributed by atoms with Crippen molar-refractivity contribution in [2.75, 3.05) is 6.54 Å². The van der Waals surface area contributed by atoms with Gasteiger partial charge in [0.2, 0.25) is 0 Å². The third-order valence-electron chi connectivity index (χ3n) is 3.21. The molecule has 0 heterocycles. The third-order valence-corrected chi connectivity index (χ3v) is 3.44. The summed E-state index contributed by atoms with van der Waals surface area (Å²) in [5.74, 6) is 0.0936. The van der Waals surface area contributed by atoms with Gasteiger partial charge in [0.25, 0.3) is 0 Å². The summed E-state index contributed by atoms with van der Waals surface area (Å²) in [6, 6.07) is 10.7. The Balaban J connectivity index is 2.35. The lowest BCUT2D eigenvalue weighted by Gasteiger charge is -2.14. The summed E-state index contributed by atoms with van der Waals surface area (Å²) in [6.45, 7) is 2.83. The van der Waals surface area contributed by atoms with Gasteiger partial charge in [-0.15, -0.1) is 6.58 Å². The maximum absolute atomic E-state index is 12.8. The Bertz CT molecular complexity index is 778. The maximum Gasteiger partial charge on any atom is 0.387 e. The summed E-state index contributed by atoms with van der Waals surface area (Å²) in [5, 5.41) is 8.70. The van der Waals surface area contributed by atoms with Crippen molar-refractivity contribution in [2.45, 2.75) is 13.5 Å². The van der Waals surface area contributed by atoms with E-state index in [9.17, 15) is 8.78 Å². The highest BCUT2D eigenvalue weighted by Gasteiger charge is 2.15. The Labute approximate surface area is 144 Å². The standard InChI is InChI=1S/C17H17F2N3OS/c1-3-10-20-17(24)22-21-11(2)13-9-8-12-6-4-5-7-14(12)15(13)23-16(18)19/h3-9,16H,1,10H2,2H3,(H2,20,22,24)/b21-11+. The highest BCUT2D eigenvalue weighted by Crippen LogP contribution is 2.31. The summed E-state index contributed by atoms with van der Waals surface area (Å²) in [4.78, 5) is 0. The number of benzene rings is 2. The van der Waals surface area contributed by atoms with E-state index in [1.54, 1.807) is 31.2 Å². The Morgan fingerprint density at radius 1 is 1.33 bits per heavy atom. The van der Waals surface area contributed by atoms with Gasteiger partial charge in [-0.25, -0.2) is 0 Å². The quantitative estimate of drug-likeness (QED) is 0.360. The van der Waals surface area contributed by atoms with Crippen molar-refractivity contribution < 1.29 is 13.5 Å². The fourth-order valence-corrected chi connectivity index (χ4v) is 2.27. The van der Waals surface area contributed by atoms with Crippen LogP contribution in [0.15, 0.2) is 54.2 Å². The van der Waals surface area contributed by atoms with Crippen molar-refractivity contribution in [1.29, 1.82) is 0 Å². The minimum atomic E-state index is -2.93. The molecule has 2 N–H and O–H groups in total. The Morgan fingerprint density at radius 3 is 2.79 bits per heavy atom. The molecule has 0 saturated carbocycles. The second-order valence-electron chi connectivity index (χ2n) is 4.85. The number of alkyl halides is 2. The van der Waals surface area contributed by atoms with Crippen LogP contribution in [0.2, 0.25) is 0 Å². The van der Waals surface area contributed by atoms with Gasteiger partial charge in [-0.1, -0.05) is 36.4 Å². The van der Waals surface area contributed by atoms with Crippen LogP contribution >= 0.6 is 12.2 Å². The van der Waals surface area contributed by atoms with Gasteiger partial charge in [-0.3, -0.25) is 5.43 Å². The molecule has 2 rings (SSSR count). The van der Waals surface area contributed by atoms with Gasteiger partial charge in [0.15, 0.2) is 5.11 Å². The van der Waals surface area contributed by atoms with Crippen LogP contribution in [0.5, 0.6) is 5.75 Å². The van der Waals surface area contributed by atoms with Crippen molar-refractivity contribution in [3.8, 4) is 5.75 Å². The number of fused-ring (bicyclic) bond motifs is 1. The summed E-state index contributed by atoms with van der Waals surface area (Å²) in [5.41, 5.74) is 3.60. The first-order valence-electron chi connectivity index (χ1n) is 7.19. The first-order valence-corrected chi connectivity index (χ1v) is 7.59. The molecule has 0 spiro atoms. The first-order chi connectivity index (χ1) is 11.5. The van der Waals surface area contributed by atoms with E-state index in [-0.39, 0.29) is 5.75 Å². The first kappa shape index (κ1) is 17.8. The normalized spacial score (nSPS) is 11.4. The van der Waals surface area contributed by atoms with Crippen LogP contribution < -0.4 is 15.5 Å². The van der Waals surface area contributed by atoms with Gasteiger partial charge < -0.3 is 10.1 Å². The Morgan fingerprint density at radius 2 is 2.08 bits per heavy atom. The molecule has 2 aromatic carbocycles. The zero-order valence-electron chi connectivity index (χ0n) is 13.1. The lowest BCUT2D eigenvalue weighted by Crippen LogP contribution is -2.32. The fourth-order valence-electron chi connectivity index (χ4n) is 2.14. The van der Waals surface area contributed by atoms with Crippen LogP contribution in [0.4, 0.5) is 8.78 Å². The molecule has 126 valence electrons. The molecule has 0 atom stereocenters. The molecular formula is C17H17F2N3OS. The summed E-state index contributed by atoms with van der Waals surface area (Å²) in [6.07, 6.45) is 1.66. The lowest BCUT2D eigenvalue weighted by molar-refractivity contribution is -0.0489. The zero-order valence-corrected chi connectivity index (χ0v) is 13.9. The van der Waals surface area contributed by atoms with Crippen LogP contribution in [-0.4, -0.2) is 24.0 Å². The topological polar surface area (TPSA) is 45.7 Å². The minimum Gasteiger partial charge on any atom is -0.433 e. The molecule has 4 nitrogen and oxygen atoms in total. The SMILES string of the molecule is C=CCNC(=S)N/N=C(\C)c1ccc2ccccc2c1OC(F)F. The number of ether oxygens (including phenoxy) is 1. The Kier molecular flexibility index (Phi) is 6.20. The van der Waals surface area contributed by atoms with E-state index >= 15 is 0 Å². The fraction of sp³-hybridized carbons (Fsp3) is 0.176. The average Bonchev–Trinajstić information content (AvgIpc) is 2.57. The molecule has 7 heteroatoms. The Hall–Kier alpha value is -2.54. The number of nitrogens with one attached hydrogen (secondary N) is 2. The summed E-state index contributed by atoms with van der Waals surface area (Å²) < 4.78 is 30.4. The van der Waals surface area contributed by atoms with E-state index in [0.717, 1.165) is 5.39 Å². The molecule has 0 radical (unpaired) electrons. The number of hydrazone groups is 1. The molecule has 24 heavy (non-hydrogen) atoms. The van der Waals surface area contributed by atoms with Crippen LogP contribution in [0, 0.1) is 0 Å². The number of nitrogens with zero attached hydrogens (tertiary/aromatic N) is 1. The molecule has 0 unspecified atom stereocenters. The lowest BCUT2D eigenvalue weighted by atomic mass is 10.0. The van der Waals surface area contributed by atoms with Crippen molar-refractivity contribution >= 4 is 33.8 Å². The van der Waals surface area contributed by atoms with Crippen molar-refractivity contribution in [3.63, 3.8) is 0 Å². The number of halogens is 2.